The van der Waals surface area contributed by atoms with Gasteiger partial charge in [-0.05, 0) is 19.4 Å². The first-order chi connectivity index (χ1) is 14.8. The fourth-order valence-corrected chi connectivity index (χ4v) is 3.25. The molecule has 3 rings (SSSR count). The molecule has 0 unspecified atom stereocenters. The zero-order valence-corrected chi connectivity index (χ0v) is 17.1. The molecule has 31 heavy (non-hydrogen) atoms. The number of anilines is 1. The quantitative estimate of drug-likeness (QED) is 0.235. The Morgan fingerprint density at radius 2 is 2.03 bits per heavy atom. The molecule has 1 aromatic carbocycles. The summed E-state index contributed by atoms with van der Waals surface area (Å²) in [5.74, 6) is -0.507. The van der Waals surface area contributed by atoms with Crippen molar-refractivity contribution in [3.63, 3.8) is 0 Å². The van der Waals surface area contributed by atoms with Crippen LogP contribution < -0.4 is 17.0 Å². The molecule has 0 saturated carbocycles. The van der Waals surface area contributed by atoms with E-state index >= 15 is 0 Å². The number of nitro groups is 1. The summed E-state index contributed by atoms with van der Waals surface area (Å²) >= 11 is 0. The maximum atomic E-state index is 12.4. The normalized spacial score (nSPS) is 11.0. The lowest BCUT2D eigenvalue weighted by molar-refractivity contribution is -0.384. The number of rotatable bonds is 8. The van der Waals surface area contributed by atoms with Gasteiger partial charge in [0.05, 0.1) is 16.2 Å². The van der Waals surface area contributed by atoms with Crippen molar-refractivity contribution in [2.45, 2.75) is 46.4 Å². The van der Waals surface area contributed by atoms with Gasteiger partial charge in [0.2, 0.25) is 0 Å². The number of aromatic nitrogens is 4. The number of carbonyl (C=O) groups excluding carboxylic acids is 1. The highest BCUT2D eigenvalue weighted by Crippen LogP contribution is 2.21. The van der Waals surface area contributed by atoms with Gasteiger partial charge in [-0.1, -0.05) is 13.3 Å². The van der Waals surface area contributed by atoms with Gasteiger partial charge in [-0.15, -0.1) is 0 Å². The van der Waals surface area contributed by atoms with Gasteiger partial charge in [0, 0.05) is 25.2 Å². The summed E-state index contributed by atoms with van der Waals surface area (Å²) in [5.41, 5.74) is 4.71. The number of unbranched alkanes of at least 4 members (excludes halogenated alkanes) is 1. The molecular weight excluding hydrogens is 408 g/mol. The maximum Gasteiger partial charge on any atom is 0.340 e. The molecule has 0 radical (unpaired) electrons. The number of nitrogen functional groups attached to an aromatic ring is 1. The number of aryl methyl sites for hydroxylation is 2. The summed E-state index contributed by atoms with van der Waals surface area (Å²) in [6, 6.07) is 3.44. The van der Waals surface area contributed by atoms with E-state index < -0.39 is 22.1 Å². The molecule has 2 aromatic heterocycles. The third-order valence-electron chi connectivity index (χ3n) is 4.81. The second-order valence-electron chi connectivity index (χ2n) is 6.81. The molecule has 0 bridgehead atoms. The average molecular weight is 430 g/mol. The lowest BCUT2D eigenvalue weighted by Crippen LogP contribution is -2.31. The van der Waals surface area contributed by atoms with E-state index in [0.717, 1.165) is 25.0 Å². The van der Waals surface area contributed by atoms with E-state index in [-0.39, 0.29) is 40.5 Å². The highest BCUT2D eigenvalue weighted by Gasteiger charge is 2.20. The van der Waals surface area contributed by atoms with Crippen molar-refractivity contribution < 1.29 is 14.5 Å². The van der Waals surface area contributed by atoms with Crippen LogP contribution in [0, 0.1) is 10.1 Å². The minimum Gasteiger partial charge on any atom is -0.454 e. The molecular formula is C19H22N6O6. The molecule has 0 aliphatic carbocycles. The van der Waals surface area contributed by atoms with Gasteiger partial charge in [-0.3, -0.25) is 24.5 Å². The molecule has 3 aromatic rings. The van der Waals surface area contributed by atoms with Gasteiger partial charge in [0.1, 0.15) is 12.4 Å². The Balaban J connectivity index is 1.94. The van der Waals surface area contributed by atoms with E-state index in [1.807, 2.05) is 6.92 Å². The van der Waals surface area contributed by atoms with Crippen molar-refractivity contribution in [1.82, 2.24) is 19.1 Å². The summed E-state index contributed by atoms with van der Waals surface area (Å²) in [4.78, 5) is 54.0. The number of hydrogen-bond acceptors (Lipinski definition) is 8. The number of nitrogens with zero attached hydrogens (tertiary/aromatic N) is 4. The lowest BCUT2D eigenvalue weighted by atomic mass is 10.1. The fourth-order valence-electron chi connectivity index (χ4n) is 3.25. The summed E-state index contributed by atoms with van der Waals surface area (Å²) in [6.07, 6.45) is 1.58. The number of H-pyrrole nitrogens is 1. The maximum absolute atomic E-state index is 12.4. The first-order valence-corrected chi connectivity index (χ1v) is 9.71. The number of nitrogens with one attached hydrogen (secondary N) is 1. The summed E-state index contributed by atoms with van der Waals surface area (Å²) < 4.78 is 8.25. The fraction of sp³-hybridized carbons (Fsp3) is 0.368. The van der Waals surface area contributed by atoms with Gasteiger partial charge in [-0.25, -0.2) is 14.6 Å². The number of nitrogens with two attached hydrogens (primary N) is 1. The standard InChI is InChI=1S/C19H22N6O6/c1-3-5-8-24-16-15(17(26)22-19(24)28)23(4-2)14(21-16)10-31-18(27)12-7-6-11(25(29)30)9-13(12)20/h6-7,9H,3-5,8,10,20H2,1-2H3,(H,22,26,28). The van der Waals surface area contributed by atoms with Crippen molar-refractivity contribution in [2.75, 3.05) is 5.73 Å². The number of hydrogen-bond donors (Lipinski definition) is 2. The summed E-state index contributed by atoms with van der Waals surface area (Å²) in [7, 11) is 0. The molecule has 0 amide bonds. The Kier molecular flexibility index (Phi) is 6.18. The number of non-ortho nitro benzene ring substituents is 1. The number of benzene rings is 1. The molecule has 164 valence electrons. The van der Waals surface area contributed by atoms with Crippen LogP contribution in [0.5, 0.6) is 0 Å². The SMILES string of the molecule is CCCCn1c(=O)[nH]c(=O)c2c1nc(COC(=O)c1ccc([N+](=O)[O-])cc1N)n2CC. The van der Waals surface area contributed by atoms with Gasteiger partial charge in [-0.2, -0.15) is 0 Å². The third-order valence-corrected chi connectivity index (χ3v) is 4.81. The zero-order chi connectivity index (χ0) is 22.7. The van der Waals surface area contributed by atoms with Crippen LogP contribution in [-0.2, 0) is 24.4 Å². The molecule has 0 aliphatic rings. The lowest BCUT2D eigenvalue weighted by Gasteiger charge is -2.08. The number of imidazole rings is 1. The van der Waals surface area contributed by atoms with Crippen LogP contribution in [0.3, 0.4) is 0 Å². The van der Waals surface area contributed by atoms with E-state index in [2.05, 4.69) is 9.97 Å². The Morgan fingerprint density at radius 3 is 2.65 bits per heavy atom. The smallest absolute Gasteiger partial charge is 0.340 e. The van der Waals surface area contributed by atoms with Crippen molar-refractivity contribution >= 4 is 28.5 Å². The van der Waals surface area contributed by atoms with E-state index in [1.54, 1.807) is 11.5 Å². The summed E-state index contributed by atoms with van der Waals surface area (Å²) in [6.45, 7) is 4.24. The molecule has 0 aliphatic heterocycles. The van der Waals surface area contributed by atoms with E-state index in [4.69, 9.17) is 10.5 Å². The minimum absolute atomic E-state index is 0.0255. The highest BCUT2D eigenvalue weighted by atomic mass is 16.6. The van der Waals surface area contributed by atoms with Crippen LogP contribution in [0.15, 0.2) is 27.8 Å². The third kappa shape index (κ3) is 4.17. The van der Waals surface area contributed by atoms with Crippen molar-refractivity contribution in [3.05, 3.63) is 60.5 Å². The molecule has 12 heteroatoms. The van der Waals surface area contributed by atoms with Gasteiger partial charge in [0.15, 0.2) is 11.2 Å². The number of nitro benzene ring substituents is 1. The van der Waals surface area contributed by atoms with Crippen LogP contribution in [0.1, 0.15) is 42.9 Å². The van der Waals surface area contributed by atoms with Crippen molar-refractivity contribution in [2.24, 2.45) is 0 Å². The average Bonchev–Trinajstić information content (AvgIpc) is 3.10. The van der Waals surface area contributed by atoms with E-state index in [9.17, 15) is 24.5 Å². The molecule has 0 spiro atoms. The first-order valence-electron chi connectivity index (χ1n) is 9.71. The monoisotopic (exact) mass is 430 g/mol. The predicted octanol–water partition coefficient (Wildman–Crippen LogP) is 1.55. The molecule has 0 saturated heterocycles. The van der Waals surface area contributed by atoms with Gasteiger partial charge in [0.25, 0.3) is 11.2 Å². The molecule has 0 atom stereocenters. The number of aromatic amines is 1. The molecule has 2 heterocycles. The largest absolute Gasteiger partial charge is 0.454 e. The number of esters is 1. The predicted molar refractivity (Wildman–Crippen MR) is 112 cm³/mol. The van der Waals surface area contributed by atoms with Crippen LogP contribution in [0.25, 0.3) is 11.2 Å². The Hall–Kier alpha value is -3.96. The Bertz CT molecular complexity index is 1270. The molecule has 0 fully saturated rings. The molecule has 3 N–H and O–H groups in total. The van der Waals surface area contributed by atoms with Crippen molar-refractivity contribution in [3.8, 4) is 0 Å². The number of ether oxygens (including phenoxy) is 1. The van der Waals surface area contributed by atoms with Crippen LogP contribution in [0.2, 0.25) is 0 Å². The second-order valence-corrected chi connectivity index (χ2v) is 6.81. The topological polar surface area (TPSA) is 168 Å². The number of fused-ring (bicyclic) bond motifs is 1. The van der Waals surface area contributed by atoms with Gasteiger partial charge < -0.3 is 15.0 Å². The minimum atomic E-state index is -0.792. The summed E-state index contributed by atoms with van der Waals surface area (Å²) in [5, 5.41) is 10.8. The Labute approximate surface area is 175 Å². The van der Waals surface area contributed by atoms with Crippen LogP contribution in [-0.4, -0.2) is 30.0 Å². The first kappa shape index (κ1) is 21.7. The zero-order valence-electron chi connectivity index (χ0n) is 17.1. The van der Waals surface area contributed by atoms with E-state index in [1.165, 1.54) is 10.6 Å². The second kappa shape index (κ2) is 8.81. The molecule has 12 nitrogen and oxygen atoms in total. The van der Waals surface area contributed by atoms with Crippen LogP contribution in [0.4, 0.5) is 11.4 Å². The highest BCUT2D eigenvalue weighted by molar-refractivity contribution is 5.95. The van der Waals surface area contributed by atoms with E-state index in [0.29, 0.717) is 13.1 Å². The van der Waals surface area contributed by atoms with Crippen molar-refractivity contribution in [1.29, 1.82) is 0 Å². The number of carbonyl (C=O) groups is 1. The van der Waals surface area contributed by atoms with Gasteiger partial charge >= 0.3 is 11.7 Å². The van der Waals surface area contributed by atoms with Crippen LogP contribution >= 0.6 is 0 Å². The Morgan fingerprint density at radius 1 is 1.29 bits per heavy atom.